The van der Waals surface area contributed by atoms with Crippen LogP contribution in [0, 0.1) is 11.8 Å². The van der Waals surface area contributed by atoms with Crippen LogP contribution in [0.3, 0.4) is 0 Å². The average Bonchev–Trinajstić information content (AvgIpc) is 2.53. The lowest BCUT2D eigenvalue weighted by molar-refractivity contribution is 0.140. The molecule has 2 heteroatoms. The van der Waals surface area contributed by atoms with E-state index < -0.39 is 0 Å². The highest BCUT2D eigenvalue weighted by molar-refractivity contribution is 14.1. The van der Waals surface area contributed by atoms with Crippen molar-refractivity contribution in [3.05, 3.63) is 56.7 Å². The van der Waals surface area contributed by atoms with Crippen molar-refractivity contribution in [2.75, 3.05) is 6.61 Å². The summed E-state index contributed by atoms with van der Waals surface area (Å²) in [7, 11) is 0. The van der Waals surface area contributed by atoms with Crippen molar-refractivity contribution < 1.29 is 4.74 Å². The quantitative estimate of drug-likeness (QED) is 0.274. The molecule has 1 aromatic carbocycles. The Kier molecular flexibility index (Phi) is 10.6. The van der Waals surface area contributed by atoms with Crippen LogP contribution < -0.4 is 0 Å². The fourth-order valence-corrected chi connectivity index (χ4v) is 4.36. The number of hydrogen-bond acceptors (Lipinski definition) is 1. The molecule has 0 fully saturated rings. The van der Waals surface area contributed by atoms with Gasteiger partial charge in [0.15, 0.2) is 0 Å². The summed E-state index contributed by atoms with van der Waals surface area (Å²) in [5.74, 6) is 1.22. The predicted molar refractivity (Wildman–Crippen MR) is 114 cm³/mol. The van der Waals surface area contributed by atoms with Crippen molar-refractivity contribution in [1.82, 2.24) is 0 Å². The molecule has 0 saturated heterocycles. The van der Waals surface area contributed by atoms with Crippen LogP contribution >= 0.6 is 22.6 Å². The normalized spacial score (nSPS) is 14.7. The standard InChI is InChI=1S/C22H33IO/c1-6-10-20(15-24-16-21-11-8-7-9-12-21)14-13-18(4)22(17(2)3)19(5)23/h7-9,11-12,14,17-18H,6,10,13,15-16H2,1-5H3/b20-14-,22-19+. The third kappa shape index (κ3) is 7.98. The predicted octanol–water partition coefficient (Wildman–Crippen LogP) is 7.32. The Morgan fingerprint density at radius 3 is 2.38 bits per heavy atom. The van der Waals surface area contributed by atoms with Crippen LogP contribution in [-0.2, 0) is 11.3 Å². The molecule has 1 atom stereocenters. The summed E-state index contributed by atoms with van der Waals surface area (Å²) < 4.78 is 7.39. The van der Waals surface area contributed by atoms with Crippen molar-refractivity contribution in [1.29, 1.82) is 0 Å². The number of allylic oxidation sites excluding steroid dienone is 3. The van der Waals surface area contributed by atoms with E-state index in [9.17, 15) is 0 Å². The third-order valence-corrected chi connectivity index (χ3v) is 4.90. The van der Waals surface area contributed by atoms with Crippen LogP contribution in [0.15, 0.2) is 51.1 Å². The fourth-order valence-electron chi connectivity index (χ4n) is 3.21. The highest BCUT2D eigenvalue weighted by atomic mass is 127. The van der Waals surface area contributed by atoms with Gasteiger partial charge in [0.25, 0.3) is 0 Å². The lowest BCUT2D eigenvalue weighted by atomic mass is 9.88. The van der Waals surface area contributed by atoms with Crippen LogP contribution in [0.5, 0.6) is 0 Å². The first-order chi connectivity index (χ1) is 11.5. The van der Waals surface area contributed by atoms with Gasteiger partial charge in [-0.25, -0.2) is 0 Å². The Hall–Kier alpha value is -0.610. The topological polar surface area (TPSA) is 9.23 Å². The number of benzene rings is 1. The smallest absolute Gasteiger partial charge is 0.0721 e. The Bertz CT molecular complexity index is 524. The van der Waals surface area contributed by atoms with Crippen LogP contribution in [0.4, 0.5) is 0 Å². The average molecular weight is 440 g/mol. The molecule has 1 rings (SSSR count). The van der Waals surface area contributed by atoms with E-state index in [0.29, 0.717) is 18.4 Å². The summed E-state index contributed by atoms with van der Waals surface area (Å²) >= 11 is 2.47. The minimum Gasteiger partial charge on any atom is -0.372 e. The molecule has 0 heterocycles. The Morgan fingerprint density at radius 2 is 1.83 bits per heavy atom. The zero-order chi connectivity index (χ0) is 17.9. The van der Waals surface area contributed by atoms with Crippen LogP contribution in [-0.4, -0.2) is 6.61 Å². The summed E-state index contributed by atoms with van der Waals surface area (Å²) in [6.07, 6.45) is 5.83. The minimum absolute atomic E-state index is 0.600. The maximum Gasteiger partial charge on any atom is 0.0721 e. The van der Waals surface area contributed by atoms with Gasteiger partial charge in [0.1, 0.15) is 0 Å². The van der Waals surface area contributed by atoms with Crippen molar-refractivity contribution in [3.63, 3.8) is 0 Å². The fraction of sp³-hybridized carbons (Fsp3) is 0.545. The van der Waals surface area contributed by atoms with Crippen LogP contribution in [0.25, 0.3) is 0 Å². The van der Waals surface area contributed by atoms with Gasteiger partial charge in [-0.2, -0.15) is 0 Å². The van der Waals surface area contributed by atoms with Gasteiger partial charge < -0.3 is 4.74 Å². The summed E-state index contributed by atoms with van der Waals surface area (Å²) in [4.78, 5) is 0. The molecule has 1 aromatic rings. The lowest BCUT2D eigenvalue weighted by Crippen LogP contribution is -2.07. The van der Waals surface area contributed by atoms with Crippen molar-refractivity contribution >= 4 is 22.6 Å². The van der Waals surface area contributed by atoms with E-state index in [4.69, 9.17) is 4.74 Å². The van der Waals surface area contributed by atoms with Crippen molar-refractivity contribution in [2.45, 2.75) is 60.5 Å². The molecule has 0 radical (unpaired) electrons. The number of rotatable bonds is 10. The van der Waals surface area contributed by atoms with Gasteiger partial charge in [-0.15, -0.1) is 0 Å². The number of halogens is 1. The molecule has 134 valence electrons. The Labute approximate surface area is 162 Å². The minimum atomic E-state index is 0.600. The molecule has 0 aromatic heterocycles. The summed E-state index contributed by atoms with van der Waals surface area (Å²) in [6.45, 7) is 12.9. The van der Waals surface area contributed by atoms with Gasteiger partial charge in [-0.05, 0) is 68.9 Å². The summed E-state index contributed by atoms with van der Waals surface area (Å²) in [6, 6.07) is 10.4. The molecular formula is C22H33IO. The van der Waals surface area contributed by atoms with E-state index in [1.165, 1.54) is 21.1 Å². The molecule has 0 aliphatic carbocycles. The summed E-state index contributed by atoms with van der Waals surface area (Å²) in [5, 5.41) is 0. The van der Waals surface area contributed by atoms with Crippen molar-refractivity contribution in [2.24, 2.45) is 11.8 Å². The van der Waals surface area contributed by atoms with Gasteiger partial charge in [0.05, 0.1) is 13.2 Å². The van der Waals surface area contributed by atoms with E-state index in [0.717, 1.165) is 19.4 Å². The first-order valence-corrected chi connectivity index (χ1v) is 10.2. The maximum atomic E-state index is 5.94. The molecular weight excluding hydrogens is 407 g/mol. The third-order valence-electron chi connectivity index (χ3n) is 4.28. The number of ether oxygens (including phenoxy) is 1. The second kappa shape index (κ2) is 11.9. The Morgan fingerprint density at radius 1 is 1.17 bits per heavy atom. The monoisotopic (exact) mass is 440 g/mol. The van der Waals surface area contributed by atoms with Gasteiger partial charge in [-0.1, -0.05) is 76.1 Å². The molecule has 0 N–H and O–H groups in total. The maximum absolute atomic E-state index is 5.94. The molecule has 1 unspecified atom stereocenters. The summed E-state index contributed by atoms with van der Waals surface area (Å²) in [5.41, 5.74) is 4.27. The first-order valence-electron chi connectivity index (χ1n) is 9.11. The molecule has 1 nitrogen and oxygen atoms in total. The van der Waals surface area contributed by atoms with Gasteiger partial charge in [0, 0.05) is 0 Å². The molecule has 0 spiro atoms. The Balaban J connectivity index is 2.60. The molecule has 0 aliphatic rings. The SMILES string of the molecule is CCC/C(=C/CC(C)/C(=C(\C)I)C(C)C)COCc1ccccc1. The molecule has 0 aliphatic heterocycles. The zero-order valence-corrected chi connectivity index (χ0v) is 18.1. The van der Waals surface area contributed by atoms with Gasteiger partial charge in [-0.3, -0.25) is 0 Å². The van der Waals surface area contributed by atoms with Gasteiger partial charge >= 0.3 is 0 Å². The molecule has 0 amide bonds. The van der Waals surface area contributed by atoms with E-state index in [1.807, 2.05) is 6.07 Å². The zero-order valence-electron chi connectivity index (χ0n) is 15.9. The van der Waals surface area contributed by atoms with Crippen LogP contribution in [0.1, 0.15) is 59.4 Å². The van der Waals surface area contributed by atoms with E-state index in [1.54, 1.807) is 5.57 Å². The first kappa shape index (κ1) is 21.4. The second-order valence-electron chi connectivity index (χ2n) is 6.87. The highest BCUT2D eigenvalue weighted by Crippen LogP contribution is 2.29. The van der Waals surface area contributed by atoms with E-state index >= 15 is 0 Å². The van der Waals surface area contributed by atoms with Crippen molar-refractivity contribution in [3.8, 4) is 0 Å². The molecule has 0 saturated carbocycles. The van der Waals surface area contributed by atoms with E-state index in [2.05, 4.69) is 87.6 Å². The number of hydrogen-bond donors (Lipinski definition) is 0. The molecule has 0 bridgehead atoms. The van der Waals surface area contributed by atoms with Gasteiger partial charge in [0.2, 0.25) is 0 Å². The highest BCUT2D eigenvalue weighted by Gasteiger charge is 2.14. The lowest BCUT2D eigenvalue weighted by Gasteiger charge is -2.20. The van der Waals surface area contributed by atoms with E-state index in [-0.39, 0.29) is 0 Å². The second-order valence-corrected chi connectivity index (χ2v) is 8.49. The van der Waals surface area contributed by atoms with Crippen LogP contribution in [0.2, 0.25) is 0 Å². The molecule has 24 heavy (non-hydrogen) atoms. The largest absolute Gasteiger partial charge is 0.372 e.